The molecule has 1 fully saturated rings. The second-order valence-corrected chi connectivity index (χ2v) is 9.50. The van der Waals surface area contributed by atoms with Crippen molar-refractivity contribution in [2.75, 3.05) is 31.5 Å². The topological polar surface area (TPSA) is 66.3 Å². The summed E-state index contributed by atoms with van der Waals surface area (Å²) in [5.41, 5.74) is 8.45. The molecule has 1 saturated heterocycles. The zero-order valence-corrected chi connectivity index (χ0v) is 20.9. The predicted octanol–water partition coefficient (Wildman–Crippen LogP) is 5.00. The highest BCUT2D eigenvalue weighted by atomic mass is 16.2. The zero-order valence-electron chi connectivity index (χ0n) is 20.9. The lowest BCUT2D eigenvalue weighted by atomic mass is 10.1. The molecule has 2 amide bonds. The van der Waals surface area contributed by atoms with E-state index in [0.29, 0.717) is 19.6 Å². The number of nitrogens with one attached hydrogen (secondary N) is 1. The Kier molecular flexibility index (Phi) is 6.26. The van der Waals surface area contributed by atoms with Gasteiger partial charge in [-0.15, -0.1) is 0 Å². The fourth-order valence-corrected chi connectivity index (χ4v) is 4.81. The first-order valence-corrected chi connectivity index (χ1v) is 12.1. The molecule has 1 N–H and O–H groups in total. The largest absolute Gasteiger partial charge is 0.322 e. The first kappa shape index (κ1) is 23.1. The molecule has 7 nitrogen and oxygen atoms in total. The molecule has 1 aliphatic rings. The van der Waals surface area contributed by atoms with E-state index in [9.17, 15) is 4.79 Å². The van der Waals surface area contributed by atoms with Crippen molar-refractivity contribution in [3.8, 4) is 5.69 Å². The maximum absolute atomic E-state index is 12.9. The molecule has 0 unspecified atom stereocenters. The van der Waals surface area contributed by atoms with Gasteiger partial charge in [-0.25, -0.2) is 14.8 Å². The van der Waals surface area contributed by atoms with Gasteiger partial charge in [0, 0.05) is 43.8 Å². The number of hydrogen-bond acceptors (Lipinski definition) is 4. The van der Waals surface area contributed by atoms with Crippen LogP contribution >= 0.6 is 0 Å². The van der Waals surface area contributed by atoms with Gasteiger partial charge >= 0.3 is 6.03 Å². The normalized spacial score (nSPS) is 14.5. The van der Waals surface area contributed by atoms with Gasteiger partial charge in [0.1, 0.15) is 11.3 Å². The summed E-state index contributed by atoms with van der Waals surface area (Å²) in [6.45, 7) is 12.0. The number of rotatable bonds is 4. The number of fused-ring (bicyclic) bond motifs is 1. The Morgan fingerprint density at radius 2 is 1.69 bits per heavy atom. The Morgan fingerprint density at radius 1 is 0.943 bits per heavy atom. The summed E-state index contributed by atoms with van der Waals surface area (Å²) in [5.74, 6) is 0.969. The van der Waals surface area contributed by atoms with Crippen molar-refractivity contribution in [1.29, 1.82) is 0 Å². The number of pyridine rings is 1. The van der Waals surface area contributed by atoms with Crippen LogP contribution in [0, 0.1) is 27.7 Å². The van der Waals surface area contributed by atoms with Crippen LogP contribution in [0.1, 0.15) is 28.1 Å². The van der Waals surface area contributed by atoms with Gasteiger partial charge in [0.25, 0.3) is 0 Å². The Hall–Kier alpha value is -3.71. The molecule has 2 aromatic carbocycles. The van der Waals surface area contributed by atoms with E-state index >= 15 is 0 Å². The van der Waals surface area contributed by atoms with E-state index in [1.165, 1.54) is 16.7 Å². The maximum atomic E-state index is 12.9. The van der Waals surface area contributed by atoms with Crippen molar-refractivity contribution in [3.05, 3.63) is 82.8 Å². The third kappa shape index (κ3) is 4.77. The highest BCUT2D eigenvalue weighted by Gasteiger charge is 2.24. The quantitative estimate of drug-likeness (QED) is 0.458. The highest BCUT2D eigenvalue weighted by molar-refractivity contribution is 5.90. The number of amides is 2. The fraction of sp³-hybridized carbons (Fsp3) is 0.321. The van der Waals surface area contributed by atoms with E-state index in [0.717, 1.165) is 47.0 Å². The number of carbonyl (C=O) groups is 1. The Morgan fingerprint density at radius 3 is 2.43 bits per heavy atom. The van der Waals surface area contributed by atoms with Gasteiger partial charge in [-0.3, -0.25) is 9.47 Å². The van der Waals surface area contributed by atoms with Gasteiger partial charge in [-0.2, -0.15) is 0 Å². The Bertz CT molecular complexity index is 1360. The average molecular weight is 469 g/mol. The number of hydrogen-bond donors (Lipinski definition) is 1. The van der Waals surface area contributed by atoms with Crippen molar-refractivity contribution in [3.63, 3.8) is 0 Å². The third-order valence-electron chi connectivity index (χ3n) is 6.82. The van der Waals surface area contributed by atoms with Crippen LogP contribution in [0.15, 0.2) is 54.7 Å². The van der Waals surface area contributed by atoms with Crippen LogP contribution in [0.25, 0.3) is 16.9 Å². The molecule has 2 aromatic heterocycles. The second kappa shape index (κ2) is 9.50. The number of piperazine rings is 1. The number of imidazole rings is 1. The molecule has 5 rings (SSSR count). The minimum Gasteiger partial charge on any atom is -0.322 e. The van der Waals surface area contributed by atoms with Crippen molar-refractivity contribution in [2.45, 2.75) is 34.2 Å². The lowest BCUT2D eigenvalue weighted by molar-refractivity contribution is 0.140. The number of carbonyl (C=O) groups excluding carboxylic acids is 1. The standard InChI is InChI=1S/C28H32N6O/c1-19-15-20(2)17-23(16-19)34-26(30-25-9-6-10-29-27(25)34)18-32-11-13-33(14-12-32)28(35)31-24-8-5-7-21(3)22(24)4/h5-10,15-17H,11-14,18H2,1-4H3,(H,31,35). The van der Waals surface area contributed by atoms with Gasteiger partial charge in [0.2, 0.25) is 0 Å². The number of anilines is 1. The van der Waals surface area contributed by atoms with E-state index in [2.05, 4.69) is 64.8 Å². The third-order valence-corrected chi connectivity index (χ3v) is 6.82. The van der Waals surface area contributed by atoms with Gasteiger partial charge in [0.15, 0.2) is 5.65 Å². The molecule has 4 aromatic rings. The van der Waals surface area contributed by atoms with Crippen molar-refractivity contribution < 1.29 is 4.79 Å². The molecule has 0 radical (unpaired) electrons. The van der Waals surface area contributed by atoms with Gasteiger partial charge < -0.3 is 10.2 Å². The molecule has 0 bridgehead atoms. The van der Waals surface area contributed by atoms with E-state index in [1.54, 1.807) is 0 Å². The molecule has 3 heterocycles. The summed E-state index contributed by atoms with van der Waals surface area (Å²) in [6, 6.07) is 16.4. The second-order valence-electron chi connectivity index (χ2n) is 9.50. The van der Waals surface area contributed by atoms with Crippen LogP contribution in [0.5, 0.6) is 0 Å². The van der Waals surface area contributed by atoms with Crippen molar-refractivity contribution >= 4 is 22.9 Å². The lowest BCUT2D eigenvalue weighted by Gasteiger charge is -2.34. The SMILES string of the molecule is Cc1cc(C)cc(-n2c(CN3CCN(C(=O)Nc4cccc(C)c4C)CC3)nc3cccnc32)c1. The lowest BCUT2D eigenvalue weighted by Crippen LogP contribution is -2.49. The smallest absolute Gasteiger partial charge is 0.321 e. The summed E-state index contributed by atoms with van der Waals surface area (Å²) in [4.78, 5) is 26.7. The summed E-state index contributed by atoms with van der Waals surface area (Å²) >= 11 is 0. The molecular formula is C28H32N6O. The van der Waals surface area contributed by atoms with Gasteiger partial charge in [-0.05, 0) is 80.3 Å². The molecule has 35 heavy (non-hydrogen) atoms. The molecule has 0 saturated carbocycles. The van der Waals surface area contributed by atoms with E-state index in [4.69, 9.17) is 4.98 Å². The molecule has 7 heteroatoms. The van der Waals surface area contributed by atoms with Crippen LogP contribution < -0.4 is 5.32 Å². The number of aromatic nitrogens is 3. The van der Waals surface area contributed by atoms with E-state index < -0.39 is 0 Å². The summed E-state index contributed by atoms with van der Waals surface area (Å²) < 4.78 is 2.18. The van der Waals surface area contributed by atoms with Gasteiger partial charge in [0.05, 0.1) is 6.54 Å². The predicted molar refractivity (Wildman–Crippen MR) is 140 cm³/mol. The highest BCUT2D eigenvalue weighted by Crippen LogP contribution is 2.24. The first-order chi connectivity index (χ1) is 16.9. The summed E-state index contributed by atoms with van der Waals surface area (Å²) in [5, 5.41) is 3.09. The van der Waals surface area contributed by atoms with Crippen LogP contribution in [0.2, 0.25) is 0 Å². The van der Waals surface area contributed by atoms with Crippen molar-refractivity contribution in [2.24, 2.45) is 0 Å². The maximum Gasteiger partial charge on any atom is 0.321 e. The minimum atomic E-state index is -0.0370. The zero-order chi connectivity index (χ0) is 24.5. The van der Waals surface area contributed by atoms with Crippen LogP contribution in [-0.4, -0.2) is 56.5 Å². The number of benzene rings is 2. The average Bonchev–Trinajstić information content (AvgIpc) is 3.19. The number of urea groups is 1. The van der Waals surface area contributed by atoms with E-state index in [-0.39, 0.29) is 6.03 Å². The minimum absolute atomic E-state index is 0.0370. The van der Waals surface area contributed by atoms with Crippen LogP contribution in [-0.2, 0) is 6.54 Å². The molecule has 0 spiro atoms. The monoisotopic (exact) mass is 468 g/mol. The van der Waals surface area contributed by atoms with Gasteiger partial charge in [-0.1, -0.05) is 18.2 Å². The Labute approximate surface area is 206 Å². The Balaban J connectivity index is 1.31. The fourth-order valence-electron chi connectivity index (χ4n) is 4.81. The van der Waals surface area contributed by atoms with E-state index in [1.807, 2.05) is 42.3 Å². The molecule has 0 aliphatic carbocycles. The van der Waals surface area contributed by atoms with Crippen molar-refractivity contribution in [1.82, 2.24) is 24.3 Å². The number of nitrogens with zero attached hydrogens (tertiary/aromatic N) is 5. The summed E-state index contributed by atoms with van der Waals surface area (Å²) in [6.07, 6.45) is 1.82. The number of aryl methyl sites for hydroxylation is 3. The molecule has 180 valence electrons. The summed E-state index contributed by atoms with van der Waals surface area (Å²) in [7, 11) is 0. The molecular weight excluding hydrogens is 436 g/mol. The first-order valence-electron chi connectivity index (χ1n) is 12.1. The molecule has 0 atom stereocenters. The van der Waals surface area contributed by atoms with Crippen LogP contribution in [0.3, 0.4) is 0 Å². The van der Waals surface area contributed by atoms with Crippen LogP contribution in [0.4, 0.5) is 10.5 Å². The molecule has 1 aliphatic heterocycles.